The highest BCUT2D eigenvalue weighted by Gasteiger charge is 2.30. The van der Waals surface area contributed by atoms with Gasteiger partial charge in [0.1, 0.15) is 4.83 Å². The predicted octanol–water partition coefficient (Wildman–Crippen LogP) is 5.27. The van der Waals surface area contributed by atoms with Gasteiger partial charge in [-0.25, -0.2) is 4.98 Å². The van der Waals surface area contributed by atoms with Gasteiger partial charge in [-0.2, -0.15) is 0 Å². The van der Waals surface area contributed by atoms with Crippen LogP contribution in [-0.2, 0) is 22.4 Å². The quantitative estimate of drug-likeness (QED) is 0.617. The topological polar surface area (TPSA) is 59.4 Å². The van der Waals surface area contributed by atoms with Crippen molar-refractivity contribution in [1.29, 1.82) is 0 Å². The highest BCUT2D eigenvalue weighted by Crippen LogP contribution is 2.45. The number of hydrogen-bond donors (Lipinski definition) is 1. The Bertz CT molecular complexity index is 1040. The smallest absolute Gasteiger partial charge is 0.311 e. The van der Waals surface area contributed by atoms with Crippen LogP contribution in [0.4, 0.5) is 0 Å². The van der Waals surface area contributed by atoms with Crippen molar-refractivity contribution in [2.75, 3.05) is 13.7 Å². The molecule has 0 amide bonds. The number of methoxy groups -OCH3 is 1. The lowest BCUT2D eigenvalue weighted by Gasteiger charge is -2.21. The lowest BCUT2D eigenvalue weighted by molar-refractivity contribution is -0.139. The number of nitrogens with zero attached hydrogens (tertiary/aromatic N) is 1. The molecule has 0 spiro atoms. The van der Waals surface area contributed by atoms with E-state index in [-0.39, 0.29) is 0 Å². The number of thiophene rings is 1. The Hall–Kier alpha value is -2.24. The van der Waals surface area contributed by atoms with Gasteiger partial charge in [0.2, 0.25) is 0 Å². The molecule has 0 fully saturated rings. The number of carbonyl (C=O) groups is 1. The molecular weight excluding hydrogens is 370 g/mol. The Kier molecular flexibility index (Phi) is 5.21. The molecule has 1 unspecified atom stereocenters. The van der Waals surface area contributed by atoms with E-state index in [9.17, 15) is 9.90 Å². The molecule has 0 saturated carbocycles. The fourth-order valence-corrected chi connectivity index (χ4v) is 5.64. The van der Waals surface area contributed by atoms with E-state index in [0.29, 0.717) is 13.0 Å². The van der Waals surface area contributed by atoms with Gasteiger partial charge in [0.25, 0.3) is 0 Å². The van der Waals surface area contributed by atoms with Crippen molar-refractivity contribution in [2.24, 2.45) is 0 Å². The van der Waals surface area contributed by atoms with Gasteiger partial charge >= 0.3 is 5.97 Å². The largest absolute Gasteiger partial charge is 0.481 e. The third-order valence-electron chi connectivity index (χ3n) is 5.68. The van der Waals surface area contributed by atoms with Crippen LogP contribution >= 0.6 is 11.3 Å². The van der Waals surface area contributed by atoms with Crippen LogP contribution in [-0.4, -0.2) is 29.8 Å². The molecule has 2 aromatic heterocycles. The molecule has 4 rings (SSSR count). The summed E-state index contributed by atoms with van der Waals surface area (Å²) in [5, 5.41) is 11.2. The van der Waals surface area contributed by atoms with Gasteiger partial charge in [-0.15, -0.1) is 11.3 Å². The van der Waals surface area contributed by atoms with E-state index in [1.165, 1.54) is 27.8 Å². The minimum absolute atomic E-state index is 0.406. The van der Waals surface area contributed by atoms with E-state index < -0.39 is 11.9 Å². The first-order valence-electron chi connectivity index (χ1n) is 9.74. The Labute approximate surface area is 169 Å². The minimum atomic E-state index is -0.818. The molecular formula is C23H25NO3S. The molecule has 1 aromatic carbocycles. The maximum absolute atomic E-state index is 12.2. The molecule has 0 bridgehead atoms. The average Bonchev–Trinajstić information content (AvgIpc) is 3.23. The number of aryl methyl sites for hydroxylation is 4. The fraction of sp³-hybridized carbons (Fsp3) is 0.391. The van der Waals surface area contributed by atoms with Gasteiger partial charge in [-0.05, 0) is 61.8 Å². The lowest BCUT2D eigenvalue weighted by atomic mass is 9.85. The number of ether oxygens (including phenoxy) is 1. The first kappa shape index (κ1) is 19.1. The van der Waals surface area contributed by atoms with Crippen LogP contribution < -0.4 is 0 Å². The minimum Gasteiger partial charge on any atom is -0.481 e. The standard InChI is InChI=1S/C23H25NO3S/c1-13-7-9-15(10-8-13)20-19(17(23(25)26)11-12-27-3)14(2)24-22-21(20)16-5-4-6-18(16)28-22/h7-10,17H,4-6,11-12H2,1-3H3,(H,25,26). The van der Waals surface area contributed by atoms with Gasteiger partial charge in [0.05, 0.1) is 5.92 Å². The third kappa shape index (κ3) is 3.23. The molecule has 28 heavy (non-hydrogen) atoms. The highest BCUT2D eigenvalue weighted by molar-refractivity contribution is 7.19. The zero-order chi connectivity index (χ0) is 19.8. The molecule has 1 aliphatic rings. The number of carboxylic acid groups (broad SMARTS) is 1. The van der Waals surface area contributed by atoms with E-state index in [1.54, 1.807) is 18.4 Å². The summed E-state index contributed by atoms with van der Waals surface area (Å²) >= 11 is 1.78. The molecule has 5 heteroatoms. The number of rotatable bonds is 6. The normalized spacial score (nSPS) is 14.4. The van der Waals surface area contributed by atoms with Crippen LogP contribution in [0.1, 0.15) is 46.0 Å². The molecule has 1 aliphatic carbocycles. The monoisotopic (exact) mass is 395 g/mol. The highest BCUT2D eigenvalue weighted by atomic mass is 32.1. The molecule has 3 aromatic rings. The van der Waals surface area contributed by atoms with E-state index in [0.717, 1.165) is 40.1 Å². The maximum atomic E-state index is 12.2. The lowest BCUT2D eigenvalue weighted by Crippen LogP contribution is -2.17. The summed E-state index contributed by atoms with van der Waals surface area (Å²) in [6.07, 6.45) is 3.75. The summed E-state index contributed by atoms with van der Waals surface area (Å²) < 4.78 is 5.21. The van der Waals surface area contributed by atoms with Crippen molar-refractivity contribution in [3.63, 3.8) is 0 Å². The molecule has 146 valence electrons. The number of hydrogen-bond acceptors (Lipinski definition) is 4. The summed E-state index contributed by atoms with van der Waals surface area (Å²) in [5.74, 6) is -1.45. The number of benzene rings is 1. The molecule has 0 saturated heterocycles. The zero-order valence-electron chi connectivity index (χ0n) is 16.5. The predicted molar refractivity (Wildman–Crippen MR) is 113 cm³/mol. The van der Waals surface area contributed by atoms with Crippen molar-refractivity contribution < 1.29 is 14.6 Å². The number of aliphatic carboxylic acids is 1. The molecule has 4 nitrogen and oxygen atoms in total. The molecule has 2 heterocycles. The summed E-state index contributed by atoms with van der Waals surface area (Å²) in [6.45, 7) is 4.42. The Morgan fingerprint density at radius 3 is 2.68 bits per heavy atom. The average molecular weight is 396 g/mol. The van der Waals surface area contributed by atoms with E-state index in [1.807, 2.05) is 6.92 Å². The summed E-state index contributed by atoms with van der Waals surface area (Å²) in [7, 11) is 1.61. The van der Waals surface area contributed by atoms with Gasteiger partial charge in [-0.1, -0.05) is 29.8 Å². The molecule has 1 N–H and O–H groups in total. The molecule has 0 aliphatic heterocycles. The van der Waals surface area contributed by atoms with Gasteiger partial charge in [0.15, 0.2) is 0 Å². The second-order valence-corrected chi connectivity index (χ2v) is 8.65. The third-order valence-corrected chi connectivity index (χ3v) is 6.86. The van der Waals surface area contributed by atoms with Crippen molar-refractivity contribution in [3.05, 3.63) is 51.5 Å². The Balaban J connectivity index is 2.05. The molecule has 1 atom stereocenters. The van der Waals surface area contributed by atoms with Gasteiger partial charge in [0, 0.05) is 29.7 Å². The maximum Gasteiger partial charge on any atom is 0.311 e. The van der Waals surface area contributed by atoms with Crippen LogP contribution in [0.5, 0.6) is 0 Å². The SMILES string of the molecule is COCCC(C(=O)O)c1c(C)nc2sc3c(c2c1-c1ccc(C)cc1)CCC3. The van der Waals surface area contributed by atoms with Crippen molar-refractivity contribution in [1.82, 2.24) is 4.98 Å². The summed E-state index contributed by atoms with van der Waals surface area (Å²) in [6, 6.07) is 8.42. The van der Waals surface area contributed by atoms with Gasteiger partial charge in [-0.3, -0.25) is 4.79 Å². The van der Waals surface area contributed by atoms with Crippen molar-refractivity contribution >= 4 is 27.5 Å². The second kappa shape index (κ2) is 7.64. The van der Waals surface area contributed by atoms with Crippen LogP contribution in [0.25, 0.3) is 21.3 Å². The first-order chi connectivity index (χ1) is 13.5. The number of fused-ring (bicyclic) bond motifs is 3. The second-order valence-electron chi connectivity index (χ2n) is 7.56. The summed E-state index contributed by atoms with van der Waals surface area (Å²) in [4.78, 5) is 19.5. The summed E-state index contributed by atoms with van der Waals surface area (Å²) in [5.41, 5.74) is 6.36. The zero-order valence-corrected chi connectivity index (χ0v) is 17.4. The van der Waals surface area contributed by atoms with E-state index in [2.05, 4.69) is 31.2 Å². The fourth-order valence-electron chi connectivity index (χ4n) is 4.33. The van der Waals surface area contributed by atoms with E-state index in [4.69, 9.17) is 9.72 Å². The Morgan fingerprint density at radius 1 is 1.25 bits per heavy atom. The molecule has 0 radical (unpaired) electrons. The Morgan fingerprint density at radius 2 is 2.00 bits per heavy atom. The van der Waals surface area contributed by atoms with Crippen LogP contribution in [0.15, 0.2) is 24.3 Å². The number of aromatic nitrogens is 1. The number of pyridine rings is 1. The number of carboxylic acids is 1. The van der Waals surface area contributed by atoms with Crippen LogP contribution in [0.3, 0.4) is 0 Å². The first-order valence-corrected chi connectivity index (χ1v) is 10.6. The van der Waals surface area contributed by atoms with Gasteiger partial charge < -0.3 is 9.84 Å². The van der Waals surface area contributed by atoms with E-state index >= 15 is 0 Å². The van der Waals surface area contributed by atoms with Crippen LogP contribution in [0.2, 0.25) is 0 Å². The van der Waals surface area contributed by atoms with Crippen LogP contribution in [0, 0.1) is 13.8 Å². The van der Waals surface area contributed by atoms with Crippen molar-refractivity contribution in [2.45, 2.75) is 45.4 Å². The van der Waals surface area contributed by atoms with Crippen molar-refractivity contribution in [3.8, 4) is 11.1 Å².